The number of hydrogen-bond acceptors (Lipinski definition) is 4. The van der Waals surface area contributed by atoms with Crippen LogP contribution in [0.15, 0.2) is 17.2 Å². The summed E-state index contributed by atoms with van der Waals surface area (Å²) in [6, 6.07) is 2.08. The van der Waals surface area contributed by atoms with Gasteiger partial charge in [0.25, 0.3) is 5.91 Å². The van der Waals surface area contributed by atoms with Crippen LogP contribution < -0.4 is 5.32 Å². The van der Waals surface area contributed by atoms with Gasteiger partial charge in [-0.3, -0.25) is 19.7 Å². The van der Waals surface area contributed by atoms with Gasteiger partial charge >= 0.3 is 0 Å². The number of imide groups is 1. The number of hydrogen-bond donors (Lipinski definition) is 1. The minimum Gasteiger partial charge on any atom is -0.322 e. The lowest BCUT2D eigenvalue weighted by atomic mass is 10.0. The van der Waals surface area contributed by atoms with Crippen molar-refractivity contribution in [2.75, 3.05) is 0 Å². The normalized spacial score (nSPS) is 20.1. The highest BCUT2D eigenvalue weighted by atomic mass is 19.1. The molecule has 2 aliphatic heterocycles. The van der Waals surface area contributed by atoms with Crippen molar-refractivity contribution >= 4 is 17.7 Å². The third kappa shape index (κ3) is 2.51. The summed E-state index contributed by atoms with van der Waals surface area (Å²) in [6.45, 7) is -0.196. The molecule has 0 radical (unpaired) electrons. The maximum Gasteiger partial charge on any atom is 0.255 e. The number of amides is 3. The van der Waals surface area contributed by atoms with E-state index in [-0.39, 0.29) is 48.5 Å². The fourth-order valence-corrected chi connectivity index (χ4v) is 2.88. The molecule has 1 fully saturated rings. The van der Waals surface area contributed by atoms with Crippen molar-refractivity contribution in [2.24, 2.45) is 5.11 Å². The third-order valence-corrected chi connectivity index (χ3v) is 4.03. The fraction of sp³-hybridized carbons (Fsp3) is 0.357. The molecule has 1 aromatic rings. The molecule has 3 amide bonds. The van der Waals surface area contributed by atoms with Crippen LogP contribution >= 0.6 is 0 Å². The second-order valence-corrected chi connectivity index (χ2v) is 5.35. The largest absolute Gasteiger partial charge is 0.322 e. The van der Waals surface area contributed by atoms with Gasteiger partial charge in [0.2, 0.25) is 11.8 Å². The van der Waals surface area contributed by atoms with Crippen molar-refractivity contribution in [3.8, 4) is 0 Å². The summed E-state index contributed by atoms with van der Waals surface area (Å²) >= 11 is 0. The van der Waals surface area contributed by atoms with Gasteiger partial charge in [-0.15, -0.1) is 0 Å². The predicted octanol–water partition coefficient (Wildman–Crippen LogP) is 1.40. The number of carbonyl (C=O) groups excluding carboxylic acids is 3. The van der Waals surface area contributed by atoms with E-state index in [4.69, 9.17) is 5.53 Å². The van der Waals surface area contributed by atoms with Gasteiger partial charge in [0.15, 0.2) is 0 Å². The van der Waals surface area contributed by atoms with Crippen LogP contribution in [0.3, 0.4) is 0 Å². The number of nitrogens with zero attached hydrogens (tertiary/aromatic N) is 4. The summed E-state index contributed by atoms with van der Waals surface area (Å²) in [5, 5.41) is 5.50. The van der Waals surface area contributed by atoms with E-state index in [0.717, 1.165) is 0 Å². The first-order valence-electron chi connectivity index (χ1n) is 6.98. The second kappa shape index (κ2) is 5.69. The highest BCUT2D eigenvalue weighted by Gasteiger charge is 2.40. The van der Waals surface area contributed by atoms with Crippen LogP contribution in [0.25, 0.3) is 10.4 Å². The van der Waals surface area contributed by atoms with Crippen molar-refractivity contribution in [3.05, 3.63) is 45.1 Å². The molecule has 0 bridgehead atoms. The van der Waals surface area contributed by atoms with Gasteiger partial charge in [-0.25, -0.2) is 4.39 Å². The van der Waals surface area contributed by atoms with Gasteiger partial charge in [-0.2, -0.15) is 0 Å². The molecule has 8 nitrogen and oxygen atoms in total. The van der Waals surface area contributed by atoms with Crippen LogP contribution in [0.5, 0.6) is 0 Å². The average Bonchev–Trinajstić information content (AvgIpc) is 2.85. The van der Waals surface area contributed by atoms with Gasteiger partial charge < -0.3 is 4.90 Å². The number of halogens is 1. The predicted molar refractivity (Wildman–Crippen MR) is 75.3 cm³/mol. The molecule has 0 aromatic heterocycles. The first kappa shape index (κ1) is 15.0. The highest BCUT2D eigenvalue weighted by Crippen LogP contribution is 2.30. The molecule has 0 aliphatic carbocycles. The Labute approximate surface area is 129 Å². The lowest BCUT2D eigenvalue weighted by Gasteiger charge is -2.29. The zero-order valence-corrected chi connectivity index (χ0v) is 12.0. The monoisotopic (exact) mass is 317 g/mol. The molecular weight excluding hydrogens is 305 g/mol. The van der Waals surface area contributed by atoms with Gasteiger partial charge in [-0.05, 0) is 23.6 Å². The standard InChI is InChI=1S/C14H12FN5O3/c15-12-7(5-17-19-16)1-2-8-9(12)6-20(14(8)23)10-3-4-11(21)18-13(10)22/h1-2,10H,3-6H2,(H,18,21,22). The minimum absolute atomic E-state index is 0.0453. The van der Waals surface area contributed by atoms with Gasteiger partial charge in [0.1, 0.15) is 11.9 Å². The van der Waals surface area contributed by atoms with E-state index >= 15 is 0 Å². The van der Waals surface area contributed by atoms with E-state index < -0.39 is 23.7 Å². The number of carbonyl (C=O) groups is 3. The first-order valence-corrected chi connectivity index (χ1v) is 6.98. The minimum atomic E-state index is -0.785. The Morgan fingerprint density at radius 1 is 1.39 bits per heavy atom. The van der Waals surface area contributed by atoms with Crippen LogP contribution in [0, 0.1) is 5.82 Å². The average molecular weight is 317 g/mol. The van der Waals surface area contributed by atoms with Crippen molar-refractivity contribution in [1.82, 2.24) is 10.2 Å². The Morgan fingerprint density at radius 2 is 2.17 bits per heavy atom. The van der Waals surface area contributed by atoms with Crippen molar-refractivity contribution in [3.63, 3.8) is 0 Å². The molecule has 1 unspecified atom stereocenters. The van der Waals surface area contributed by atoms with E-state index in [2.05, 4.69) is 15.3 Å². The molecular formula is C14H12FN5O3. The molecule has 0 spiro atoms. The van der Waals surface area contributed by atoms with Crippen molar-refractivity contribution < 1.29 is 18.8 Å². The molecule has 1 atom stereocenters. The van der Waals surface area contributed by atoms with Gasteiger partial charge in [0.05, 0.1) is 13.1 Å². The number of piperidine rings is 1. The molecule has 9 heteroatoms. The summed E-state index contributed by atoms with van der Waals surface area (Å²) < 4.78 is 14.5. The lowest BCUT2D eigenvalue weighted by molar-refractivity contribution is -0.136. The zero-order chi connectivity index (χ0) is 16.6. The van der Waals surface area contributed by atoms with Crippen LogP contribution in [0.4, 0.5) is 4.39 Å². The quantitative estimate of drug-likeness (QED) is 0.393. The second-order valence-electron chi connectivity index (χ2n) is 5.35. The first-order chi connectivity index (χ1) is 11.0. The number of nitrogens with one attached hydrogen (secondary N) is 1. The maximum absolute atomic E-state index is 14.5. The summed E-state index contributed by atoms with van der Waals surface area (Å²) in [6.07, 6.45) is 0.360. The third-order valence-electron chi connectivity index (χ3n) is 4.03. The molecule has 118 valence electrons. The molecule has 2 heterocycles. The Balaban J connectivity index is 1.89. The van der Waals surface area contributed by atoms with Crippen LogP contribution in [-0.4, -0.2) is 28.7 Å². The topological polar surface area (TPSA) is 115 Å². The lowest BCUT2D eigenvalue weighted by Crippen LogP contribution is -2.52. The Hall–Kier alpha value is -2.93. The fourth-order valence-electron chi connectivity index (χ4n) is 2.88. The van der Waals surface area contributed by atoms with Crippen LogP contribution in [0.2, 0.25) is 0 Å². The van der Waals surface area contributed by atoms with E-state index in [1.165, 1.54) is 17.0 Å². The summed E-state index contributed by atoms with van der Waals surface area (Å²) in [7, 11) is 0. The Morgan fingerprint density at radius 3 is 2.87 bits per heavy atom. The summed E-state index contributed by atoms with van der Waals surface area (Å²) in [5.74, 6) is -1.96. The highest BCUT2D eigenvalue weighted by molar-refractivity contribution is 6.05. The molecule has 1 N–H and O–H groups in total. The molecule has 1 saturated heterocycles. The van der Waals surface area contributed by atoms with Gasteiger partial charge in [0, 0.05) is 22.5 Å². The molecule has 0 saturated carbocycles. The smallest absolute Gasteiger partial charge is 0.255 e. The van der Waals surface area contributed by atoms with Crippen LogP contribution in [0.1, 0.15) is 34.3 Å². The van der Waals surface area contributed by atoms with E-state index in [1.54, 1.807) is 0 Å². The number of benzene rings is 1. The SMILES string of the molecule is [N-]=[N+]=NCc1ccc2c(c1F)CN(C1CCC(=O)NC1=O)C2=O. The molecule has 1 aromatic carbocycles. The van der Waals surface area contributed by atoms with E-state index in [0.29, 0.717) is 0 Å². The van der Waals surface area contributed by atoms with Crippen LogP contribution in [-0.2, 0) is 22.7 Å². The Bertz CT molecular complexity index is 772. The summed E-state index contributed by atoms with van der Waals surface area (Å²) in [4.78, 5) is 39.4. The van der Waals surface area contributed by atoms with Crippen molar-refractivity contribution in [2.45, 2.75) is 32.0 Å². The van der Waals surface area contributed by atoms with Gasteiger partial charge in [-0.1, -0.05) is 11.2 Å². The maximum atomic E-state index is 14.5. The number of rotatable bonds is 3. The van der Waals surface area contributed by atoms with E-state index in [9.17, 15) is 18.8 Å². The molecule has 3 rings (SSSR count). The summed E-state index contributed by atoms with van der Waals surface area (Å²) in [5.41, 5.74) is 8.89. The van der Waals surface area contributed by atoms with Crippen molar-refractivity contribution in [1.29, 1.82) is 0 Å². The molecule has 2 aliphatic rings. The Kier molecular flexibility index (Phi) is 3.71. The van der Waals surface area contributed by atoms with E-state index in [1.807, 2.05) is 0 Å². The number of fused-ring (bicyclic) bond motifs is 1. The molecule has 23 heavy (non-hydrogen) atoms. The number of azide groups is 1. The zero-order valence-electron chi connectivity index (χ0n) is 12.0.